The van der Waals surface area contributed by atoms with Crippen molar-refractivity contribution in [3.8, 4) is 5.75 Å². The van der Waals surface area contributed by atoms with Crippen molar-refractivity contribution in [1.82, 2.24) is 4.72 Å². The number of anilines is 1. The van der Waals surface area contributed by atoms with Crippen LogP contribution in [-0.4, -0.2) is 75.1 Å². The molecule has 0 saturated heterocycles. The standard InChI is InChI=1S/C31H39ClN2O6S/c1-41(39)12-10-26(35)28(37)15-27(36)23-7-4-21(23)16-34-17-31(11-2-3-19-13-22(32)6-8-24(19)31)18-40-29-9-5-20(14-25(29)34)30(38)33-41/h5-6,8-9,13-14,21,23,26-28,35-37H,1-4,7,10-12,15-18H2,(H,33,38,39)/t21-,23+,26-,27-,28+,31-,41?/m0/s1. The number of ether oxygens (including phenoxy) is 1. The molecule has 2 aliphatic heterocycles. The Morgan fingerprint density at radius 1 is 1.07 bits per heavy atom. The third-order valence-electron chi connectivity index (χ3n) is 9.67. The molecule has 6 rings (SSSR count). The Balaban J connectivity index is 1.41. The number of aliphatic hydroxyl groups is 3. The first-order valence-corrected chi connectivity index (χ1v) is 16.8. The molecule has 0 aromatic heterocycles. The normalized spacial score (nSPS) is 35.8. The second-order valence-electron chi connectivity index (χ2n) is 12.5. The van der Waals surface area contributed by atoms with Gasteiger partial charge in [0.15, 0.2) is 0 Å². The zero-order valence-electron chi connectivity index (χ0n) is 23.1. The van der Waals surface area contributed by atoms with E-state index in [0.717, 1.165) is 42.8 Å². The smallest absolute Gasteiger partial charge is 0.262 e. The van der Waals surface area contributed by atoms with Crippen molar-refractivity contribution in [2.24, 2.45) is 11.8 Å². The van der Waals surface area contributed by atoms with Gasteiger partial charge in [-0.25, -0.2) is 4.21 Å². The van der Waals surface area contributed by atoms with Gasteiger partial charge in [-0.15, -0.1) is 0 Å². The Hall–Kier alpha value is -2.30. The van der Waals surface area contributed by atoms with E-state index in [1.165, 1.54) is 11.1 Å². The van der Waals surface area contributed by atoms with Crippen LogP contribution in [0.5, 0.6) is 5.75 Å². The van der Waals surface area contributed by atoms with E-state index in [1.54, 1.807) is 12.1 Å². The van der Waals surface area contributed by atoms with Crippen molar-refractivity contribution < 1.29 is 29.1 Å². The van der Waals surface area contributed by atoms with Gasteiger partial charge in [-0.3, -0.25) is 9.52 Å². The number of aliphatic hydroxyl groups excluding tert-OH is 3. The number of benzene rings is 2. The topological polar surface area (TPSA) is 119 Å². The Kier molecular flexibility index (Phi) is 7.78. The predicted molar refractivity (Wildman–Crippen MR) is 161 cm³/mol. The second-order valence-corrected chi connectivity index (χ2v) is 15.1. The first kappa shape index (κ1) is 28.8. The molecule has 2 bridgehead atoms. The van der Waals surface area contributed by atoms with Crippen molar-refractivity contribution in [2.45, 2.75) is 68.7 Å². The van der Waals surface area contributed by atoms with Gasteiger partial charge in [0.05, 0.1) is 30.6 Å². The van der Waals surface area contributed by atoms with E-state index in [0.29, 0.717) is 31.0 Å². The molecule has 2 aliphatic carbocycles. The van der Waals surface area contributed by atoms with Crippen molar-refractivity contribution in [2.75, 3.05) is 30.3 Å². The molecule has 2 heterocycles. The number of carbonyl (C=O) groups excluding carboxylic acids is 1. The van der Waals surface area contributed by atoms with Gasteiger partial charge in [-0.2, -0.15) is 0 Å². The lowest BCUT2D eigenvalue weighted by atomic mass is 9.68. The maximum Gasteiger partial charge on any atom is 0.262 e. The summed E-state index contributed by atoms with van der Waals surface area (Å²) in [5.74, 6) is 3.94. The molecule has 1 fully saturated rings. The summed E-state index contributed by atoms with van der Waals surface area (Å²) in [4.78, 5) is 15.6. The van der Waals surface area contributed by atoms with Crippen molar-refractivity contribution in [3.63, 3.8) is 0 Å². The summed E-state index contributed by atoms with van der Waals surface area (Å²) in [7, 11) is -3.08. The fraction of sp³-hybridized carbons (Fsp3) is 0.548. The predicted octanol–water partition coefficient (Wildman–Crippen LogP) is 3.08. The molecule has 1 spiro atoms. The van der Waals surface area contributed by atoms with E-state index in [1.807, 2.05) is 12.1 Å². The average Bonchev–Trinajstić information content (AvgIpc) is 3.06. The number of rotatable bonds is 0. The molecular formula is C31H39ClN2O6S. The average molecular weight is 603 g/mol. The molecule has 2 aromatic carbocycles. The molecule has 1 unspecified atom stereocenters. The lowest BCUT2D eigenvalue weighted by Crippen LogP contribution is -2.50. The van der Waals surface area contributed by atoms with Crippen molar-refractivity contribution in [1.29, 1.82) is 0 Å². The van der Waals surface area contributed by atoms with Crippen LogP contribution in [0.3, 0.4) is 0 Å². The summed E-state index contributed by atoms with van der Waals surface area (Å²) in [6.07, 6.45) is 1.62. The maximum absolute atomic E-state index is 13.3. The Bertz CT molecular complexity index is 1430. The van der Waals surface area contributed by atoms with Crippen LogP contribution in [0.25, 0.3) is 0 Å². The van der Waals surface area contributed by atoms with E-state index in [-0.39, 0.29) is 35.8 Å². The number of nitrogens with one attached hydrogen (secondary N) is 1. The fourth-order valence-corrected chi connectivity index (χ4v) is 8.60. The molecule has 8 nitrogen and oxygen atoms in total. The van der Waals surface area contributed by atoms with E-state index in [9.17, 15) is 24.3 Å². The van der Waals surface area contributed by atoms with Crippen LogP contribution in [0.2, 0.25) is 5.02 Å². The molecular weight excluding hydrogens is 564 g/mol. The van der Waals surface area contributed by atoms with Gasteiger partial charge in [-0.05, 0) is 97.7 Å². The molecule has 7 atom stereocenters. The summed E-state index contributed by atoms with van der Waals surface area (Å²) in [5.41, 5.74) is 3.35. The number of nitrogens with zero attached hydrogens (tertiary/aromatic N) is 1. The molecule has 222 valence electrons. The monoisotopic (exact) mass is 602 g/mol. The lowest BCUT2D eigenvalue weighted by Gasteiger charge is -2.46. The summed E-state index contributed by atoms with van der Waals surface area (Å²) < 4.78 is 22.2. The molecule has 10 heteroatoms. The molecule has 4 aliphatic rings. The largest absolute Gasteiger partial charge is 0.490 e. The first-order chi connectivity index (χ1) is 19.5. The van der Waals surface area contributed by atoms with Gasteiger partial charge in [0, 0.05) is 51.0 Å². The quantitative estimate of drug-likeness (QED) is 0.342. The third kappa shape index (κ3) is 5.71. The van der Waals surface area contributed by atoms with Gasteiger partial charge < -0.3 is 25.0 Å². The van der Waals surface area contributed by atoms with Gasteiger partial charge in [0.1, 0.15) is 5.75 Å². The molecule has 2 aromatic rings. The van der Waals surface area contributed by atoms with Crippen LogP contribution < -0.4 is 14.4 Å². The van der Waals surface area contributed by atoms with Crippen LogP contribution in [0.4, 0.5) is 5.69 Å². The van der Waals surface area contributed by atoms with E-state index in [4.69, 9.17) is 16.3 Å². The molecule has 4 N–H and O–H groups in total. The molecule has 1 saturated carbocycles. The minimum atomic E-state index is -3.08. The number of aryl methyl sites for hydroxylation is 1. The maximum atomic E-state index is 13.3. The molecule has 1 amide bonds. The van der Waals surface area contributed by atoms with Crippen LogP contribution in [0.1, 0.15) is 60.0 Å². The van der Waals surface area contributed by atoms with Gasteiger partial charge in [-0.1, -0.05) is 17.7 Å². The van der Waals surface area contributed by atoms with E-state index in [2.05, 4.69) is 27.6 Å². The van der Waals surface area contributed by atoms with Crippen LogP contribution in [-0.2, 0) is 21.5 Å². The van der Waals surface area contributed by atoms with E-state index >= 15 is 0 Å². The Morgan fingerprint density at radius 3 is 2.68 bits per heavy atom. The zero-order chi connectivity index (χ0) is 28.9. The minimum absolute atomic E-state index is 0.00876. The Morgan fingerprint density at radius 2 is 1.90 bits per heavy atom. The SMILES string of the molecule is C=S1(=O)CC[C@H](O)[C@H](O)C[C@H](O)[C@@H]2CC[C@H]2CN2C[C@@]3(CCCc4cc(Cl)ccc43)COc3ccc(cc32)C(=O)N1. The first-order valence-electron chi connectivity index (χ1n) is 14.6. The summed E-state index contributed by atoms with van der Waals surface area (Å²) >= 11 is 6.37. The Labute approximate surface area is 246 Å². The van der Waals surface area contributed by atoms with E-state index < -0.39 is 33.9 Å². The number of hydrogen-bond donors (Lipinski definition) is 4. The number of amides is 1. The van der Waals surface area contributed by atoms with Crippen LogP contribution in [0.15, 0.2) is 36.4 Å². The minimum Gasteiger partial charge on any atom is -0.490 e. The number of halogens is 1. The highest BCUT2D eigenvalue weighted by Gasteiger charge is 2.44. The summed E-state index contributed by atoms with van der Waals surface area (Å²) in [6, 6.07) is 11.4. The van der Waals surface area contributed by atoms with Gasteiger partial charge >= 0.3 is 0 Å². The van der Waals surface area contributed by atoms with Crippen LogP contribution in [0, 0.1) is 11.8 Å². The number of fused-ring (bicyclic) bond motifs is 4. The number of carbonyl (C=O) groups is 1. The highest BCUT2D eigenvalue weighted by atomic mass is 35.5. The summed E-state index contributed by atoms with van der Waals surface area (Å²) in [5, 5.41) is 33.0. The molecule has 41 heavy (non-hydrogen) atoms. The second kappa shape index (κ2) is 11.1. The van der Waals surface area contributed by atoms with Crippen molar-refractivity contribution in [3.05, 3.63) is 58.1 Å². The third-order valence-corrected chi connectivity index (χ3v) is 11.4. The van der Waals surface area contributed by atoms with Gasteiger partial charge in [0.25, 0.3) is 5.91 Å². The highest BCUT2D eigenvalue weighted by Crippen LogP contribution is 2.47. The summed E-state index contributed by atoms with van der Waals surface area (Å²) in [6.45, 7) is 1.81. The fourth-order valence-electron chi connectivity index (χ4n) is 7.23. The van der Waals surface area contributed by atoms with Crippen molar-refractivity contribution >= 4 is 38.8 Å². The lowest BCUT2D eigenvalue weighted by molar-refractivity contribution is -0.0510. The van der Waals surface area contributed by atoms with Gasteiger partial charge in [0.2, 0.25) is 0 Å². The number of hydrogen-bond acceptors (Lipinski definition) is 7. The van der Waals surface area contributed by atoms with Crippen LogP contribution >= 0.6 is 11.6 Å². The highest BCUT2D eigenvalue weighted by molar-refractivity contribution is 7.99. The molecule has 0 radical (unpaired) electrons. The zero-order valence-corrected chi connectivity index (χ0v) is 24.7.